The van der Waals surface area contributed by atoms with Gasteiger partial charge in [-0.3, -0.25) is 4.98 Å². The molecule has 3 N–H and O–H groups in total. The quantitative estimate of drug-likeness (QED) is 0.216. The number of nitrogens with zero attached hydrogens (tertiary/aromatic N) is 6. The first-order valence-corrected chi connectivity index (χ1v) is 13.0. The van der Waals surface area contributed by atoms with E-state index in [0.29, 0.717) is 23.4 Å². The second kappa shape index (κ2) is 10.7. The van der Waals surface area contributed by atoms with Crippen LogP contribution in [-0.4, -0.2) is 45.8 Å². The van der Waals surface area contributed by atoms with Gasteiger partial charge in [0, 0.05) is 41.5 Å². The van der Waals surface area contributed by atoms with Gasteiger partial charge in [-0.2, -0.15) is 5.26 Å². The number of piperidine rings is 1. The van der Waals surface area contributed by atoms with Gasteiger partial charge in [-0.05, 0) is 67.6 Å². The molecule has 0 spiro atoms. The smallest absolute Gasteiger partial charge is 0.162 e. The van der Waals surface area contributed by atoms with Crippen molar-refractivity contribution in [1.29, 1.82) is 5.26 Å². The highest BCUT2D eigenvalue weighted by Crippen LogP contribution is 2.42. The highest BCUT2D eigenvalue weighted by Gasteiger charge is 2.33. The number of rotatable bonds is 8. The number of hydrogen-bond donors (Lipinski definition) is 3. The molecule has 3 aromatic rings. The number of nitrogens with one attached hydrogen (secondary N) is 3. The normalized spacial score (nSPS) is 19.3. The standard InChI is InChI=1S/C29H33N9/c1-18(14-30)12-24(31-4)37-25-13-20(8-11-34-25)27-35-22-16-33-15-21(19-6-5-7-19)26(22)28(38-27)36-23-9-10-32-17-29(23,2)3/h8,11-13,15-16,19,23,32H,1,4-7,9-10,17H2,2-3H3,(H,34,37)(H,35,36,38)/b24-12+. The monoisotopic (exact) mass is 507 g/mol. The molecule has 0 aromatic carbocycles. The summed E-state index contributed by atoms with van der Waals surface area (Å²) in [7, 11) is 0. The molecule has 2 aliphatic rings. The van der Waals surface area contributed by atoms with E-state index >= 15 is 0 Å². The van der Waals surface area contributed by atoms with Crippen LogP contribution >= 0.6 is 0 Å². The molecule has 1 atom stereocenters. The zero-order valence-electron chi connectivity index (χ0n) is 22.0. The Morgan fingerprint density at radius 3 is 2.82 bits per heavy atom. The van der Waals surface area contributed by atoms with Crippen LogP contribution in [-0.2, 0) is 0 Å². The number of pyridine rings is 2. The molecule has 4 heterocycles. The van der Waals surface area contributed by atoms with E-state index in [1.807, 2.05) is 30.6 Å². The highest BCUT2D eigenvalue weighted by molar-refractivity contribution is 5.93. The van der Waals surface area contributed by atoms with Crippen molar-refractivity contribution in [3.05, 3.63) is 60.3 Å². The topological polar surface area (TPSA) is 124 Å². The van der Waals surface area contributed by atoms with Gasteiger partial charge in [0.1, 0.15) is 17.5 Å². The van der Waals surface area contributed by atoms with Crippen molar-refractivity contribution in [3.8, 4) is 17.5 Å². The number of aromatic nitrogens is 4. The van der Waals surface area contributed by atoms with E-state index in [9.17, 15) is 0 Å². The number of fused-ring (bicyclic) bond motifs is 1. The number of hydrogen-bond acceptors (Lipinski definition) is 9. The zero-order chi connectivity index (χ0) is 26.7. The van der Waals surface area contributed by atoms with Gasteiger partial charge in [0.2, 0.25) is 0 Å². The maximum Gasteiger partial charge on any atom is 0.162 e. The summed E-state index contributed by atoms with van der Waals surface area (Å²) in [5.74, 6) is 2.86. The fourth-order valence-corrected chi connectivity index (χ4v) is 5.06. The van der Waals surface area contributed by atoms with Gasteiger partial charge in [-0.15, -0.1) is 0 Å². The predicted molar refractivity (Wildman–Crippen MR) is 152 cm³/mol. The Morgan fingerprint density at radius 2 is 2.11 bits per heavy atom. The van der Waals surface area contributed by atoms with Gasteiger partial charge >= 0.3 is 0 Å². The minimum absolute atomic E-state index is 0.0704. The lowest BCUT2D eigenvalue weighted by Gasteiger charge is -2.40. The van der Waals surface area contributed by atoms with E-state index in [0.717, 1.165) is 41.8 Å². The summed E-state index contributed by atoms with van der Waals surface area (Å²) in [6, 6.07) is 5.99. The van der Waals surface area contributed by atoms with Crippen molar-refractivity contribution >= 4 is 29.3 Å². The molecule has 1 aliphatic carbocycles. The summed E-state index contributed by atoms with van der Waals surface area (Å²) in [6.07, 6.45) is 11.6. The fourth-order valence-electron chi connectivity index (χ4n) is 5.06. The lowest BCUT2D eigenvalue weighted by atomic mass is 9.78. The SMILES string of the molecule is C=N/C(=C\C(=C)C#N)Nc1cc(-c2nc(NC3CCNCC3(C)C)c3c(C4CCC4)cncc3n2)ccn1. The van der Waals surface area contributed by atoms with E-state index in [2.05, 4.69) is 58.1 Å². The van der Waals surface area contributed by atoms with E-state index in [1.165, 1.54) is 30.9 Å². The number of allylic oxidation sites excluding steroid dienone is 2. The molecule has 9 nitrogen and oxygen atoms in total. The molecule has 9 heteroatoms. The van der Waals surface area contributed by atoms with Crippen LogP contribution < -0.4 is 16.0 Å². The van der Waals surface area contributed by atoms with Crippen LogP contribution in [0.25, 0.3) is 22.3 Å². The molecule has 0 radical (unpaired) electrons. The highest BCUT2D eigenvalue weighted by atomic mass is 15.1. The number of aliphatic imine (C=N–C) groups is 1. The summed E-state index contributed by atoms with van der Waals surface area (Å²) in [4.78, 5) is 22.9. The third-order valence-electron chi connectivity index (χ3n) is 7.52. The van der Waals surface area contributed by atoms with Gasteiger partial charge in [-0.25, -0.2) is 19.9 Å². The molecule has 3 aromatic heterocycles. The Balaban J connectivity index is 1.57. The first kappa shape index (κ1) is 25.5. The van der Waals surface area contributed by atoms with Crippen molar-refractivity contribution in [2.45, 2.75) is 51.5 Å². The minimum atomic E-state index is 0.0704. The van der Waals surface area contributed by atoms with Crippen molar-refractivity contribution in [3.63, 3.8) is 0 Å². The molecule has 1 unspecified atom stereocenters. The third kappa shape index (κ3) is 5.27. The van der Waals surface area contributed by atoms with Crippen LogP contribution in [0.5, 0.6) is 0 Å². The molecule has 0 bridgehead atoms. The summed E-state index contributed by atoms with van der Waals surface area (Å²) in [5, 5.41) is 20.6. The first-order valence-electron chi connectivity index (χ1n) is 13.0. The zero-order valence-corrected chi connectivity index (χ0v) is 22.0. The average Bonchev–Trinajstić information content (AvgIpc) is 2.88. The van der Waals surface area contributed by atoms with Gasteiger partial charge in [0.05, 0.1) is 17.8 Å². The predicted octanol–water partition coefficient (Wildman–Crippen LogP) is 5.19. The molecule has 38 heavy (non-hydrogen) atoms. The lowest BCUT2D eigenvalue weighted by Crippen LogP contribution is -2.49. The summed E-state index contributed by atoms with van der Waals surface area (Å²) >= 11 is 0. The largest absolute Gasteiger partial charge is 0.366 e. The van der Waals surface area contributed by atoms with Crippen LogP contribution in [0.3, 0.4) is 0 Å². The summed E-state index contributed by atoms with van der Waals surface area (Å²) in [6.45, 7) is 13.7. The Labute approximate surface area is 223 Å². The minimum Gasteiger partial charge on any atom is -0.366 e. The third-order valence-corrected chi connectivity index (χ3v) is 7.52. The van der Waals surface area contributed by atoms with Crippen LogP contribution in [0.2, 0.25) is 0 Å². The molecule has 1 saturated heterocycles. The van der Waals surface area contributed by atoms with Gasteiger partial charge in [0.15, 0.2) is 5.82 Å². The second-order valence-corrected chi connectivity index (χ2v) is 10.7. The summed E-state index contributed by atoms with van der Waals surface area (Å²) < 4.78 is 0. The van der Waals surface area contributed by atoms with E-state index < -0.39 is 0 Å². The summed E-state index contributed by atoms with van der Waals surface area (Å²) in [5.41, 5.74) is 3.20. The van der Waals surface area contributed by atoms with Crippen molar-refractivity contribution in [2.75, 3.05) is 23.7 Å². The number of nitriles is 1. The molecule has 2 fully saturated rings. The van der Waals surface area contributed by atoms with Crippen LogP contribution in [0.4, 0.5) is 11.6 Å². The fraction of sp³-hybridized carbons (Fsp3) is 0.379. The van der Waals surface area contributed by atoms with Gasteiger partial charge < -0.3 is 16.0 Å². The Hall–Kier alpha value is -4.16. The molecule has 5 rings (SSSR count). The van der Waals surface area contributed by atoms with E-state index in [-0.39, 0.29) is 17.0 Å². The van der Waals surface area contributed by atoms with Crippen molar-refractivity contribution < 1.29 is 0 Å². The first-order chi connectivity index (χ1) is 18.4. The lowest BCUT2D eigenvalue weighted by molar-refractivity contribution is 0.236. The number of anilines is 2. The van der Waals surface area contributed by atoms with Crippen molar-refractivity contribution in [2.24, 2.45) is 10.4 Å². The van der Waals surface area contributed by atoms with Gasteiger partial charge in [-0.1, -0.05) is 26.8 Å². The van der Waals surface area contributed by atoms with Crippen LogP contribution in [0, 0.1) is 16.7 Å². The molecular weight excluding hydrogens is 474 g/mol. The molecule has 194 valence electrons. The average molecular weight is 508 g/mol. The maximum atomic E-state index is 9.04. The van der Waals surface area contributed by atoms with Gasteiger partial charge in [0.25, 0.3) is 0 Å². The van der Waals surface area contributed by atoms with E-state index in [1.54, 1.807) is 6.20 Å². The second-order valence-electron chi connectivity index (χ2n) is 10.7. The van der Waals surface area contributed by atoms with Crippen molar-refractivity contribution in [1.82, 2.24) is 25.3 Å². The van der Waals surface area contributed by atoms with E-state index in [4.69, 9.17) is 15.2 Å². The Morgan fingerprint density at radius 1 is 1.26 bits per heavy atom. The molecule has 0 amide bonds. The molecular formula is C29H33N9. The molecule has 1 saturated carbocycles. The Bertz CT molecular complexity index is 1450. The molecule has 1 aliphatic heterocycles. The maximum absolute atomic E-state index is 9.04. The Kier molecular flexibility index (Phi) is 7.16. The van der Waals surface area contributed by atoms with Crippen LogP contribution in [0.1, 0.15) is 51.0 Å². The van der Waals surface area contributed by atoms with Crippen LogP contribution in [0.15, 0.2) is 59.8 Å².